The summed E-state index contributed by atoms with van der Waals surface area (Å²) >= 11 is 1.30. The van der Waals surface area contributed by atoms with Gasteiger partial charge in [-0.1, -0.05) is 32.8 Å². The lowest BCUT2D eigenvalue weighted by Gasteiger charge is -2.34. The molecule has 3 aromatic heterocycles. The molecule has 1 aliphatic carbocycles. The van der Waals surface area contributed by atoms with Gasteiger partial charge in [-0.25, -0.2) is 4.98 Å². The predicted octanol–water partition coefficient (Wildman–Crippen LogP) is 3.77. The van der Waals surface area contributed by atoms with Gasteiger partial charge in [0.15, 0.2) is 0 Å². The summed E-state index contributed by atoms with van der Waals surface area (Å²) in [6.07, 6.45) is 5.12. The van der Waals surface area contributed by atoms with Gasteiger partial charge in [-0.3, -0.25) is 14.0 Å². The number of hydrogen-bond donors (Lipinski definition) is 1. The molecule has 0 saturated heterocycles. The molecule has 1 amide bonds. The summed E-state index contributed by atoms with van der Waals surface area (Å²) in [7, 11) is 0. The van der Waals surface area contributed by atoms with Gasteiger partial charge < -0.3 is 5.32 Å². The monoisotopic (exact) mass is 369 g/mol. The van der Waals surface area contributed by atoms with Crippen LogP contribution in [0.25, 0.3) is 15.9 Å². The Morgan fingerprint density at radius 3 is 2.96 bits per heavy atom. The molecule has 1 saturated carbocycles. The minimum atomic E-state index is -0.122. The van der Waals surface area contributed by atoms with Crippen LogP contribution in [0.4, 0.5) is 0 Å². The van der Waals surface area contributed by atoms with Crippen LogP contribution in [0.2, 0.25) is 0 Å². The Kier molecular flexibility index (Phi) is 4.31. The van der Waals surface area contributed by atoms with Gasteiger partial charge in [-0.2, -0.15) is 0 Å². The number of aromatic nitrogens is 2. The predicted molar refractivity (Wildman–Crippen MR) is 105 cm³/mol. The zero-order valence-corrected chi connectivity index (χ0v) is 16.1. The lowest BCUT2D eigenvalue weighted by Crippen LogP contribution is -2.43. The number of rotatable bonds is 2. The molecule has 0 unspecified atom stereocenters. The van der Waals surface area contributed by atoms with Crippen molar-refractivity contribution in [3.05, 3.63) is 45.2 Å². The molecule has 0 radical (unpaired) electrons. The van der Waals surface area contributed by atoms with Crippen molar-refractivity contribution in [2.24, 2.45) is 11.8 Å². The van der Waals surface area contributed by atoms with E-state index in [1.807, 2.05) is 19.1 Å². The summed E-state index contributed by atoms with van der Waals surface area (Å²) in [6.45, 7) is 6.39. The lowest BCUT2D eigenvalue weighted by atomic mass is 9.78. The number of nitrogens with zero attached hydrogens (tertiary/aromatic N) is 2. The van der Waals surface area contributed by atoms with E-state index >= 15 is 0 Å². The van der Waals surface area contributed by atoms with Gasteiger partial charge in [0, 0.05) is 12.2 Å². The fourth-order valence-corrected chi connectivity index (χ4v) is 4.82. The Hall–Kier alpha value is -2.21. The number of carbonyl (C=O) groups excluding carboxylic acids is 1. The van der Waals surface area contributed by atoms with Crippen LogP contribution in [0.15, 0.2) is 29.2 Å². The van der Waals surface area contributed by atoms with Crippen molar-refractivity contribution < 1.29 is 4.79 Å². The first-order valence-electron chi connectivity index (χ1n) is 9.18. The molecule has 26 heavy (non-hydrogen) atoms. The molecule has 1 N–H and O–H groups in total. The van der Waals surface area contributed by atoms with Gasteiger partial charge in [-0.05, 0) is 42.9 Å². The van der Waals surface area contributed by atoms with Gasteiger partial charge in [0.25, 0.3) is 11.5 Å². The van der Waals surface area contributed by atoms with E-state index < -0.39 is 0 Å². The highest BCUT2D eigenvalue weighted by molar-refractivity contribution is 7.20. The second kappa shape index (κ2) is 6.50. The van der Waals surface area contributed by atoms with Crippen LogP contribution in [0.3, 0.4) is 0 Å². The first-order valence-corrected chi connectivity index (χ1v) is 9.99. The van der Waals surface area contributed by atoms with Gasteiger partial charge in [0.05, 0.1) is 10.3 Å². The Labute approximate surface area is 156 Å². The third kappa shape index (κ3) is 2.82. The zero-order valence-electron chi connectivity index (χ0n) is 15.3. The highest BCUT2D eigenvalue weighted by Crippen LogP contribution is 2.30. The van der Waals surface area contributed by atoms with Crippen molar-refractivity contribution in [3.8, 4) is 0 Å². The van der Waals surface area contributed by atoms with Crippen molar-refractivity contribution >= 4 is 33.1 Å². The fraction of sp³-hybridized carbons (Fsp3) is 0.450. The van der Waals surface area contributed by atoms with Crippen molar-refractivity contribution in [1.29, 1.82) is 0 Å². The van der Waals surface area contributed by atoms with E-state index in [4.69, 9.17) is 0 Å². The number of thiophene rings is 1. The molecule has 3 heterocycles. The normalized spacial score (nSPS) is 23.4. The molecule has 0 spiro atoms. The summed E-state index contributed by atoms with van der Waals surface area (Å²) in [5, 5.41) is 3.69. The SMILES string of the molecule is Cc1cccn2c(=O)c3cc(C(=O)N[C@H]4CCC[C@@H](C)[C@@H]4C)sc3nc12. The first-order chi connectivity index (χ1) is 12.5. The molecule has 1 fully saturated rings. The van der Waals surface area contributed by atoms with Crippen LogP contribution in [-0.4, -0.2) is 21.3 Å². The van der Waals surface area contributed by atoms with Crippen LogP contribution in [0.5, 0.6) is 0 Å². The molecular weight excluding hydrogens is 346 g/mol. The van der Waals surface area contributed by atoms with E-state index in [1.165, 1.54) is 17.8 Å². The molecule has 0 aliphatic heterocycles. The minimum Gasteiger partial charge on any atom is -0.348 e. The number of carbonyl (C=O) groups is 1. The first kappa shape index (κ1) is 17.2. The van der Waals surface area contributed by atoms with Gasteiger partial charge in [-0.15, -0.1) is 11.3 Å². The van der Waals surface area contributed by atoms with Crippen LogP contribution in [0.1, 0.15) is 48.3 Å². The average Bonchev–Trinajstić information content (AvgIpc) is 3.05. The third-order valence-corrected chi connectivity index (χ3v) is 6.81. The fourth-order valence-electron chi connectivity index (χ4n) is 3.90. The Balaban J connectivity index is 1.70. The zero-order chi connectivity index (χ0) is 18.4. The Morgan fingerprint density at radius 1 is 1.35 bits per heavy atom. The van der Waals surface area contributed by atoms with E-state index in [9.17, 15) is 9.59 Å². The second-order valence-corrected chi connectivity index (χ2v) is 8.51. The van der Waals surface area contributed by atoms with E-state index in [-0.39, 0.29) is 17.5 Å². The number of aryl methyl sites for hydroxylation is 1. The van der Waals surface area contributed by atoms with E-state index in [0.717, 1.165) is 18.4 Å². The maximum Gasteiger partial charge on any atom is 0.266 e. The largest absolute Gasteiger partial charge is 0.348 e. The van der Waals surface area contributed by atoms with Gasteiger partial charge in [0.2, 0.25) is 0 Å². The molecule has 4 rings (SSSR count). The van der Waals surface area contributed by atoms with E-state index in [0.29, 0.717) is 32.6 Å². The molecule has 136 valence electrons. The molecule has 0 bridgehead atoms. The molecular formula is C20H23N3O2S. The summed E-state index contributed by atoms with van der Waals surface area (Å²) in [6, 6.07) is 5.66. The molecule has 6 heteroatoms. The quantitative estimate of drug-likeness (QED) is 0.748. The van der Waals surface area contributed by atoms with Crippen molar-refractivity contribution in [2.75, 3.05) is 0 Å². The van der Waals surface area contributed by atoms with Gasteiger partial charge in [0.1, 0.15) is 10.5 Å². The second-order valence-electron chi connectivity index (χ2n) is 7.48. The molecule has 1 aliphatic rings. The Morgan fingerprint density at radius 2 is 2.15 bits per heavy atom. The van der Waals surface area contributed by atoms with Crippen molar-refractivity contribution in [3.63, 3.8) is 0 Å². The molecule has 3 aromatic rings. The Bertz CT molecular complexity index is 1050. The van der Waals surface area contributed by atoms with Crippen LogP contribution < -0.4 is 10.9 Å². The standard InChI is InChI=1S/C20H23N3O2S/c1-11-6-4-8-15(13(11)3)21-18(24)16-10-14-19(26-16)22-17-12(2)7-5-9-23(17)20(14)25/h5,7,9-11,13,15H,4,6,8H2,1-3H3,(H,21,24)/t11-,13+,15+/m1/s1. The number of amides is 1. The summed E-state index contributed by atoms with van der Waals surface area (Å²) in [4.78, 5) is 31.3. The number of fused-ring (bicyclic) bond motifs is 2. The van der Waals surface area contributed by atoms with Crippen LogP contribution in [0, 0.1) is 18.8 Å². The highest BCUT2D eigenvalue weighted by atomic mass is 32.1. The number of hydrogen-bond acceptors (Lipinski definition) is 4. The summed E-state index contributed by atoms with van der Waals surface area (Å²) in [5.74, 6) is 0.997. The average molecular weight is 369 g/mol. The lowest BCUT2D eigenvalue weighted by molar-refractivity contribution is 0.0895. The summed E-state index contributed by atoms with van der Waals surface area (Å²) in [5.41, 5.74) is 1.47. The molecule has 0 aromatic carbocycles. The van der Waals surface area contributed by atoms with E-state index in [2.05, 4.69) is 24.1 Å². The number of pyridine rings is 1. The van der Waals surface area contributed by atoms with Crippen molar-refractivity contribution in [2.45, 2.75) is 46.1 Å². The maximum absolute atomic E-state index is 12.8. The summed E-state index contributed by atoms with van der Waals surface area (Å²) < 4.78 is 1.55. The third-order valence-electron chi connectivity index (χ3n) is 5.78. The number of nitrogens with one attached hydrogen (secondary N) is 1. The maximum atomic E-state index is 12.8. The highest BCUT2D eigenvalue weighted by Gasteiger charge is 2.29. The molecule has 3 atom stereocenters. The minimum absolute atomic E-state index is 0.0934. The molecule has 5 nitrogen and oxygen atoms in total. The van der Waals surface area contributed by atoms with Gasteiger partial charge >= 0.3 is 0 Å². The van der Waals surface area contributed by atoms with Crippen LogP contribution in [-0.2, 0) is 0 Å². The van der Waals surface area contributed by atoms with E-state index in [1.54, 1.807) is 16.7 Å². The smallest absolute Gasteiger partial charge is 0.266 e. The van der Waals surface area contributed by atoms with Crippen LogP contribution >= 0.6 is 11.3 Å². The topological polar surface area (TPSA) is 63.5 Å². The van der Waals surface area contributed by atoms with Crippen molar-refractivity contribution in [1.82, 2.24) is 14.7 Å².